The van der Waals surface area contributed by atoms with Gasteiger partial charge in [0, 0.05) is 34.7 Å². The molecule has 232 valence electrons. The van der Waals surface area contributed by atoms with Crippen molar-refractivity contribution in [1.82, 2.24) is 5.32 Å². The van der Waals surface area contributed by atoms with Crippen molar-refractivity contribution in [3.63, 3.8) is 0 Å². The number of Topliss-reactive ketones (excluding diaryl/α,β-unsaturated/α-hetero) is 1. The summed E-state index contributed by atoms with van der Waals surface area (Å²) in [5.41, 5.74) is -1.30. The van der Waals surface area contributed by atoms with Crippen LogP contribution in [-0.2, 0) is 17.6 Å². The van der Waals surface area contributed by atoms with E-state index in [1.165, 1.54) is 6.07 Å². The van der Waals surface area contributed by atoms with E-state index in [1.54, 1.807) is 33.0 Å². The third kappa shape index (κ3) is 6.74. The van der Waals surface area contributed by atoms with Gasteiger partial charge in [-0.05, 0) is 51.6 Å². The van der Waals surface area contributed by atoms with Gasteiger partial charge >= 0.3 is 0 Å². The zero-order valence-corrected chi connectivity index (χ0v) is 25.5. The van der Waals surface area contributed by atoms with Gasteiger partial charge in [0.2, 0.25) is 0 Å². The minimum Gasteiger partial charge on any atom is -0.507 e. The van der Waals surface area contributed by atoms with Crippen molar-refractivity contribution in [2.24, 2.45) is 5.92 Å². The Labute approximate surface area is 247 Å². The van der Waals surface area contributed by atoms with Crippen LogP contribution < -0.4 is 5.32 Å². The average molecular weight is 588 g/mol. The van der Waals surface area contributed by atoms with E-state index < -0.39 is 41.1 Å². The van der Waals surface area contributed by atoms with Gasteiger partial charge in [0.25, 0.3) is 0 Å². The third-order valence-corrected chi connectivity index (χ3v) is 7.84. The van der Waals surface area contributed by atoms with E-state index in [9.17, 15) is 34.8 Å². The number of aryl methyl sites for hydroxylation is 1. The topological polar surface area (TPSA) is 185 Å². The molecule has 2 aliphatic carbocycles. The molecule has 2 unspecified atom stereocenters. The van der Waals surface area contributed by atoms with Crippen LogP contribution in [0.4, 0.5) is 0 Å². The Morgan fingerprint density at radius 3 is 2.07 bits per heavy atom. The highest BCUT2D eigenvalue weighted by Gasteiger charge is 2.44. The molecule has 7 N–H and O–H groups in total. The second kappa shape index (κ2) is 14.3. The van der Waals surface area contributed by atoms with Crippen LogP contribution in [-0.4, -0.2) is 85.5 Å². The highest BCUT2D eigenvalue weighted by atomic mass is 16.3. The number of benzene rings is 2. The summed E-state index contributed by atoms with van der Waals surface area (Å²) in [7, 11) is 1.80. The second-order valence-electron chi connectivity index (χ2n) is 11.1. The van der Waals surface area contributed by atoms with E-state index >= 15 is 0 Å². The number of aliphatic hydroxyl groups excluding tert-OH is 3. The van der Waals surface area contributed by atoms with Crippen LogP contribution in [0, 0.1) is 12.8 Å². The first-order valence-corrected chi connectivity index (χ1v) is 14.4. The molecule has 10 heteroatoms. The molecule has 4 rings (SSSR count). The molecule has 0 bridgehead atoms. The number of hydrogen-bond donors (Lipinski definition) is 7. The minimum absolute atomic E-state index is 0.00630. The zero-order valence-electron chi connectivity index (χ0n) is 25.5. The highest BCUT2D eigenvalue weighted by molar-refractivity contribution is 6.31. The number of fused-ring (bicyclic) bond motifs is 3. The molecule has 2 aromatic rings. The largest absolute Gasteiger partial charge is 0.507 e. The molecule has 0 heterocycles. The number of carbonyl (C=O) groups is 3. The molecule has 4 atom stereocenters. The SMILES string of the molecule is CC.CN[C@@H](CC(C)O)C(O)C(C)C.Cc1cccc2c1C(=O)c1c(O)c3c(c(O)c1C2=O)C[C@@](O)(C(=O)CO)CC3. The van der Waals surface area contributed by atoms with Crippen molar-refractivity contribution in [1.29, 1.82) is 0 Å². The number of rotatable bonds is 7. The van der Waals surface area contributed by atoms with Crippen LogP contribution in [0.1, 0.15) is 96.0 Å². The van der Waals surface area contributed by atoms with Crippen molar-refractivity contribution in [3.8, 4) is 11.5 Å². The number of phenols is 2. The van der Waals surface area contributed by atoms with Gasteiger partial charge in [-0.1, -0.05) is 45.9 Å². The lowest BCUT2D eigenvalue weighted by Gasteiger charge is -2.34. The maximum atomic E-state index is 13.1. The second-order valence-corrected chi connectivity index (χ2v) is 11.1. The van der Waals surface area contributed by atoms with Crippen molar-refractivity contribution in [3.05, 3.63) is 57.1 Å². The Hall–Kier alpha value is -3.15. The van der Waals surface area contributed by atoms with Crippen LogP contribution in [0.5, 0.6) is 11.5 Å². The standard InChI is InChI=1S/C21H18O7.C9H21NO2.C2H6/c1-9-3-2-4-11-14(9)20(27)16-15(18(11)25)19(26)12-7-21(28,13(23)8-22)6-5-10(12)17(16)24;1-6(2)9(12)8(10-4)5-7(3)11;1-2/h2-4,22,24,26,28H,5-8H2,1H3;6-12H,5H2,1-4H3;1-2H3/t21-;7?,8-,9?;/m10./s1. The number of aromatic hydroxyl groups is 2. The van der Waals surface area contributed by atoms with E-state index in [-0.39, 0.29) is 76.8 Å². The average Bonchev–Trinajstić information content (AvgIpc) is 2.96. The molecule has 0 fully saturated rings. The molecule has 0 aromatic heterocycles. The fraction of sp³-hybridized carbons (Fsp3) is 0.531. The van der Waals surface area contributed by atoms with Gasteiger partial charge in [-0.3, -0.25) is 14.4 Å². The van der Waals surface area contributed by atoms with Crippen LogP contribution in [0.2, 0.25) is 0 Å². The predicted octanol–water partition coefficient (Wildman–Crippen LogP) is 2.35. The van der Waals surface area contributed by atoms with Gasteiger partial charge in [-0.2, -0.15) is 0 Å². The first-order valence-electron chi connectivity index (χ1n) is 14.4. The quantitative estimate of drug-likeness (QED) is 0.202. The Morgan fingerprint density at radius 2 is 1.55 bits per heavy atom. The summed E-state index contributed by atoms with van der Waals surface area (Å²) in [5.74, 6) is -2.66. The lowest BCUT2D eigenvalue weighted by molar-refractivity contribution is -0.141. The molecule has 0 saturated carbocycles. The maximum absolute atomic E-state index is 13.1. The molecule has 2 aliphatic rings. The summed E-state index contributed by atoms with van der Waals surface area (Å²) in [6.45, 7) is 10.5. The van der Waals surface area contributed by atoms with E-state index in [0.29, 0.717) is 12.0 Å². The van der Waals surface area contributed by atoms with Crippen molar-refractivity contribution in [2.75, 3.05) is 13.7 Å². The van der Waals surface area contributed by atoms with Gasteiger partial charge in [0.1, 0.15) is 23.7 Å². The highest BCUT2D eigenvalue weighted by Crippen LogP contribution is 2.47. The molecule has 0 spiro atoms. The number of likely N-dealkylation sites (N-methyl/N-ethyl adjacent to an activating group) is 1. The van der Waals surface area contributed by atoms with Crippen LogP contribution in [0.3, 0.4) is 0 Å². The molecular formula is C32H45NO9. The smallest absolute Gasteiger partial charge is 0.198 e. The molecule has 2 aromatic carbocycles. The summed E-state index contributed by atoms with van der Waals surface area (Å²) in [4.78, 5) is 38.0. The number of ketones is 3. The lowest BCUT2D eigenvalue weighted by atomic mass is 9.73. The number of carbonyl (C=O) groups excluding carboxylic acids is 3. The summed E-state index contributed by atoms with van der Waals surface area (Å²) < 4.78 is 0. The van der Waals surface area contributed by atoms with Crippen molar-refractivity contribution < 1.29 is 45.0 Å². The first-order chi connectivity index (χ1) is 19.7. The monoisotopic (exact) mass is 587 g/mol. The normalized spacial score (nSPS) is 19.2. The molecule has 10 nitrogen and oxygen atoms in total. The van der Waals surface area contributed by atoms with Gasteiger partial charge in [-0.25, -0.2) is 0 Å². The van der Waals surface area contributed by atoms with Gasteiger partial charge in [0.05, 0.1) is 23.3 Å². The van der Waals surface area contributed by atoms with Crippen molar-refractivity contribution >= 4 is 17.3 Å². The van der Waals surface area contributed by atoms with E-state index in [2.05, 4.69) is 5.32 Å². The predicted molar refractivity (Wildman–Crippen MR) is 158 cm³/mol. The van der Waals surface area contributed by atoms with Gasteiger partial charge in [-0.15, -0.1) is 0 Å². The van der Waals surface area contributed by atoms with E-state index in [1.807, 2.05) is 27.7 Å². The molecule has 42 heavy (non-hydrogen) atoms. The molecular weight excluding hydrogens is 542 g/mol. The summed E-state index contributed by atoms with van der Waals surface area (Å²) in [6.07, 6.45) is -0.595. The Kier molecular flexibility index (Phi) is 12.0. The van der Waals surface area contributed by atoms with Crippen LogP contribution in [0.25, 0.3) is 0 Å². The molecule has 0 amide bonds. The Bertz CT molecular complexity index is 1320. The number of hydrogen-bond acceptors (Lipinski definition) is 10. The fourth-order valence-electron chi connectivity index (χ4n) is 5.50. The minimum atomic E-state index is -1.91. The summed E-state index contributed by atoms with van der Waals surface area (Å²) in [5, 5.41) is 63.1. The third-order valence-electron chi connectivity index (χ3n) is 7.84. The van der Waals surface area contributed by atoms with Crippen LogP contribution in [0.15, 0.2) is 18.2 Å². The molecule has 0 saturated heterocycles. The number of phenolic OH excluding ortho intramolecular Hbond substituents is 2. The zero-order chi connectivity index (χ0) is 32.1. The summed E-state index contributed by atoms with van der Waals surface area (Å²) >= 11 is 0. The fourth-order valence-corrected chi connectivity index (χ4v) is 5.50. The Balaban J connectivity index is 0.000000374. The van der Waals surface area contributed by atoms with Crippen LogP contribution >= 0.6 is 0 Å². The molecule has 0 radical (unpaired) electrons. The Morgan fingerprint density at radius 1 is 0.976 bits per heavy atom. The van der Waals surface area contributed by atoms with E-state index in [4.69, 9.17) is 10.2 Å². The molecule has 0 aliphatic heterocycles. The van der Waals surface area contributed by atoms with Gasteiger partial charge < -0.3 is 36.0 Å². The number of aliphatic hydroxyl groups is 4. The van der Waals surface area contributed by atoms with E-state index in [0.717, 1.165) is 0 Å². The maximum Gasteiger partial charge on any atom is 0.198 e. The summed E-state index contributed by atoms with van der Waals surface area (Å²) in [6, 6.07) is 4.78. The number of nitrogens with one attached hydrogen (secondary N) is 1. The lowest BCUT2D eigenvalue weighted by Crippen LogP contribution is -2.45. The first kappa shape index (κ1) is 35.0. The van der Waals surface area contributed by atoms with Crippen molar-refractivity contribution in [2.45, 2.75) is 91.1 Å². The van der Waals surface area contributed by atoms with Gasteiger partial charge in [0.15, 0.2) is 17.3 Å².